The molecule has 6 rings (SSSR count). The zero-order valence-electron chi connectivity index (χ0n) is 20.2. The molecule has 3 fully saturated rings. The average Bonchev–Trinajstić information content (AvgIpc) is 3.54. The average molecular weight is 482 g/mol. The third kappa shape index (κ3) is 3.92. The number of nitriles is 1. The van der Waals surface area contributed by atoms with Crippen LogP contribution in [-0.2, 0) is 4.79 Å². The maximum atomic E-state index is 11.8. The van der Waals surface area contributed by atoms with Crippen molar-refractivity contribution < 1.29 is 4.79 Å². The smallest absolute Gasteiger partial charge is 0.228 e. The van der Waals surface area contributed by atoms with Gasteiger partial charge in [-0.1, -0.05) is 6.58 Å². The molecule has 2 saturated heterocycles. The second kappa shape index (κ2) is 8.68. The Morgan fingerprint density at radius 2 is 1.97 bits per heavy atom. The van der Waals surface area contributed by atoms with Crippen LogP contribution < -0.4 is 20.4 Å². The highest BCUT2D eigenvalue weighted by molar-refractivity contribution is 5.90. The Balaban J connectivity index is 1.35. The largest absolute Gasteiger partial charge is 0.367 e. The van der Waals surface area contributed by atoms with Crippen molar-refractivity contribution in [1.82, 2.24) is 24.9 Å². The number of fused-ring (bicyclic) bond motifs is 1. The number of rotatable bonds is 5. The fourth-order valence-corrected chi connectivity index (χ4v) is 4.84. The van der Waals surface area contributed by atoms with Crippen molar-refractivity contribution in [3.8, 4) is 6.07 Å². The standard InChI is InChI=1S/C26H27N9O/c1-16-23(33-8-10-34(11-9-33)25-18(14-27)4-3-7-28-25)32-26-20(12-19-13-22(36)30-17(19)2)15-29-35(26)24(16)31-21-5-6-21/h3-4,7,12,15,21,31H,2,5-6,8-11,13H2,1H3,(H,30,36)/b19-12+. The van der Waals surface area contributed by atoms with Crippen LogP contribution in [0.15, 0.2) is 42.4 Å². The second-order valence-corrected chi connectivity index (χ2v) is 9.50. The summed E-state index contributed by atoms with van der Waals surface area (Å²) in [6, 6.07) is 6.30. The molecule has 3 aromatic heterocycles. The van der Waals surface area contributed by atoms with Gasteiger partial charge in [-0.05, 0) is 43.5 Å². The summed E-state index contributed by atoms with van der Waals surface area (Å²) in [6.45, 7) is 9.06. The van der Waals surface area contributed by atoms with Crippen LogP contribution in [0.5, 0.6) is 0 Å². The molecule has 0 unspecified atom stereocenters. The summed E-state index contributed by atoms with van der Waals surface area (Å²) in [4.78, 5) is 25.8. The minimum absolute atomic E-state index is 0.0476. The summed E-state index contributed by atoms with van der Waals surface area (Å²) >= 11 is 0. The van der Waals surface area contributed by atoms with Crippen LogP contribution in [0.1, 0.15) is 36.0 Å². The molecule has 5 heterocycles. The van der Waals surface area contributed by atoms with Gasteiger partial charge in [0.1, 0.15) is 23.5 Å². The highest BCUT2D eigenvalue weighted by Gasteiger charge is 2.28. The van der Waals surface area contributed by atoms with Gasteiger partial charge in [-0.2, -0.15) is 14.9 Å². The first-order chi connectivity index (χ1) is 17.5. The van der Waals surface area contributed by atoms with E-state index in [1.54, 1.807) is 18.5 Å². The summed E-state index contributed by atoms with van der Waals surface area (Å²) < 4.78 is 1.87. The molecular weight excluding hydrogens is 454 g/mol. The molecule has 0 atom stereocenters. The number of carbonyl (C=O) groups excluding carboxylic acids is 1. The van der Waals surface area contributed by atoms with Crippen LogP contribution in [0.4, 0.5) is 17.5 Å². The van der Waals surface area contributed by atoms with Crippen LogP contribution in [0.3, 0.4) is 0 Å². The fraction of sp³-hybridized carbons (Fsp3) is 0.346. The fourth-order valence-electron chi connectivity index (χ4n) is 4.84. The van der Waals surface area contributed by atoms with Crippen LogP contribution >= 0.6 is 0 Å². The third-order valence-corrected chi connectivity index (χ3v) is 6.95. The van der Waals surface area contributed by atoms with Crippen molar-refractivity contribution in [2.75, 3.05) is 41.3 Å². The number of pyridine rings is 1. The van der Waals surface area contributed by atoms with Gasteiger partial charge in [0.15, 0.2) is 5.65 Å². The van der Waals surface area contributed by atoms with Crippen molar-refractivity contribution in [3.05, 3.63) is 59.1 Å². The van der Waals surface area contributed by atoms with E-state index in [-0.39, 0.29) is 5.91 Å². The normalized spacial score (nSPS) is 19.2. The molecule has 2 aliphatic heterocycles. The minimum atomic E-state index is -0.0476. The maximum Gasteiger partial charge on any atom is 0.228 e. The zero-order chi connectivity index (χ0) is 24.8. The van der Waals surface area contributed by atoms with Crippen LogP contribution in [-0.4, -0.2) is 57.7 Å². The molecular formula is C26H27N9O. The van der Waals surface area contributed by atoms with Crippen molar-refractivity contribution in [2.45, 2.75) is 32.2 Å². The molecule has 0 bridgehead atoms. The molecule has 1 aliphatic carbocycles. The number of nitrogens with one attached hydrogen (secondary N) is 2. The molecule has 10 nitrogen and oxygen atoms in total. The second-order valence-electron chi connectivity index (χ2n) is 9.50. The zero-order valence-corrected chi connectivity index (χ0v) is 20.2. The van der Waals surface area contributed by atoms with Gasteiger partial charge < -0.3 is 20.4 Å². The van der Waals surface area contributed by atoms with Crippen LogP contribution in [0.25, 0.3) is 11.7 Å². The molecule has 0 aromatic carbocycles. The number of hydrogen-bond donors (Lipinski definition) is 2. The summed E-state index contributed by atoms with van der Waals surface area (Å²) in [7, 11) is 0. The lowest BCUT2D eigenvalue weighted by Crippen LogP contribution is -2.47. The predicted octanol–water partition coefficient (Wildman–Crippen LogP) is 2.62. The molecule has 182 valence electrons. The van der Waals surface area contributed by atoms with Gasteiger partial charge in [0.25, 0.3) is 0 Å². The summed E-state index contributed by atoms with van der Waals surface area (Å²) in [5.41, 5.74) is 4.74. The van der Waals surface area contributed by atoms with E-state index in [2.05, 4.69) is 50.1 Å². The third-order valence-electron chi connectivity index (χ3n) is 6.95. The number of carbonyl (C=O) groups is 1. The van der Waals surface area contributed by atoms with E-state index in [1.165, 1.54) is 0 Å². The number of amides is 1. The first-order valence-electron chi connectivity index (χ1n) is 12.2. The molecule has 0 spiro atoms. The summed E-state index contributed by atoms with van der Waals surface area (Å²) in [5, 5.41) is 20.6. The molecule has 10 heteroatoms. The predicted molar refractivity (Wildman–Crippen MR) is 138 cm³/mol. The van der Waals surface area contributed by atoms with Gasteiger partial charge >= 0.3 is 0 Å². The van der Waals surface area contributed by atoms with Gasteiger partial charge in [0, 0.05) is 55.2 Å². The Morgan fingerprint density at radius 1 is 1.22 bits per heavy atom. The highest BCUT2D eigenvalue weighted by atomic mass is 16.1. The van der Waals surface area contributed by atoms with Gasteiger partial charge in [0.2, 0.25) is 5.91 Å². The van der Waals surface area contributed by atoms with E-state index in [0.717, 1.165) is 78.8 Å². The summed E-state index contributed by atoms with van der Waals surface area (Å²) in [6.07, 6.45) is 8.09. The molecule has 1 saturated carbocycles. The monoisotopic (exact) mass is 481 g/mol. The lowest BCUT2D eigenvalue weighted by Gasteiger charge is -2.37. The highest BCUT2D eigenvalue weighted by Crippen LogP contribution is 2.33. The first kappa shape index (κ1) is 22.1. The first-order valence-corrected chi connectivity index (χ1v) is 12.2. The van der Waals surface area contributed by atoms with Crippen LogP contribution in [0, 0.1) is 18.3 Å². The number of anilines is 3. The van der Waals surface area contributed by atoms with Crippen molar-refractivity contribution in [2.24, 2.45) is 0 Å². The molecule has 36 heavy (non-hydrogen) atoms. The van der Waals surface area contributed by atoms with Crippen molar-refractivity contribution in [1.29, 1.82) is 5.26 Å². The number of piperazine rings is 1. The molecule has 1 amide bonds. The van der Waals surface area contributed by atoms with E-state index in [1.807, 2.05) is 16.7 Å². The number of nitrogens with zero attached hydrogens (tertiary/aromatic N) is 7. The number of hydrogen-bond acceptors (Lipinski definition) is 8. The lowest BCUT2D eigenvalue weighted by molar-refractivity contribution is -0.118. The van der Waals surface area contributed by atoms with E-state index < -0.39 is 0 Å². The topological polar surface area (TPSA) is 114 Å². The van der Waals surface area contributed by atoms with Crippen LogP contribution in [0.2, 0.25) is 0 Å². The van der Waals surface area contributed by atoms with Gasteiger partial charge in [0.05, 0.1) is 18.2 Å². The van der Waals surface area contributed by atoms with E-state index >= 15 is 0 Å². The Kier molecular flexibility index (Phi) is 5.33. The SMILES string of the molecule is C=C1NC(=O)C/C1=C\c1cnn2c(NC3CC3)c(C)c(N3CCN(c4ncccc4C#N)CC3)nc12. The Labute approximate surface area is 208 Å². The molecule has 3 aromatic rings. The van der Waals surface area contributed by atoms with Gasteiger partial charge in [-0.25, -0.2) is 9.97 Å². The maximum absolute atomic E-state index is 11.8. The Bertz CT molecular complexity index is 1450. The van der Waals surface area contributed by atoms with Crippen molar-refractivity contribution >= 4 is 35.1 Å². The minimum Gasteiger partial charge on any atom is -0.367 e. The van der Waals surface area contributed by atoms with Gasteiger partial charge in [-0.3, -0.25) is 4.79 Å². The van der Waals surface area contributed by atoms with Gasteiger partial charge in [-0.15, -0.1) is 0 Å². The van der Waals surface area contributed by atoms with E-state index in [0.29, 0.717) is 23.7 Å². The van der Waals surface area contributed by atoms with E-state index in [4.69, 9.17) is 4.98 Å². The van der Waals surface area contributed by atoms with E-state index in [9.17, 15) is 10.1 Å². The number of aromatic nitrogens is 4. The molecule has 2 N–H and O–H groups in total. The Hall–Kier alpha value is -4.39. The summed E-state index contributed by atoms with van der Waals surface area (Å²) in [5.74, 6) is 2.57. The Morgan fingerprint density at radius 3 is 2.64 bits per heavy atom. The quantitative estimate of drug-likeness (QED) is 0.572. The van der Waals surface area contributed by atoms with Crippen molar-refractivity contribution in [3.63, 3.8) is 0 Å². The number of allylic oxidation sites excluding steroid dienone is 1. The molecule has 3 aliphatic rings. The lowest BCUT2D eigenvalue weighted by atomic mass is 10.1. The molecule has 0 radical (unpaired) electrons.